The number of ether oxygens (including phenoxy) is 1. The number of carbonyl (C=O) groups is 3. The highest BCUT2D eigenvalue weighted by molar-refractivity contribution is 6.21. The lowest BCUT2D eigenvalue weighted by atomic mass is 10.1. The highest BCUT2D eigenvalue weighted by Gasteiger charge is 2.35. The summed E-state index contributed by atoms with van der Waals surface area (Å²) in [6.45, 7) is 2.29. The predicted octanol–water partition coefficient (Wildman–Crippen LogP) is 2.31. The number of aryl methyl sites for hydroxylation is 1. The van der Waals surface area contributed by atoms with E-state index in [9.17, 15) is 14.4 Å². The van der Waals surface area contributed by atoms with E-state index < -0.39 is 0 Å². The summed E-state index contributed by atoms with van der Waals surface area (Å²) >= 11 is 0. The van der Waals surface area contributed by atoms with Crippen LogP contribution < -0.4 is 10.1 Å². The molecule has 1 N–H and O–H groups in total. The van der Waals surface area contributed by atoms with E-state index >= 15 is 0 Å². The number of fused-ring (bicyclic) bond motifs is 1. The summed E-state index contributed by atoms with van der Waals surface area (Å²) < 4.78 is 5.15. The molecule has 3 rings (SSSR count). The topological polar surface area (TPSA) is 75.7 Å². The lowest BCUT2D eigenvalue weighted by Crippen LogP contribution is -2.34. The number of carbonyl (C=O) groups excluding carboxylic acids is 3. The molecule has 134 valence electrons. The van der Waals surface area contributed by atoms with Gasteiger partial charge in [0.2, 0.25) is 5.91 Å². The van der Waals surface area contributed by atoms with Crippen LogP contribution in [0.4, 0.5) is 0 Å². The Morgan fingerprint density at radius 3 is 2.62 bits per heavy atom. The second kappa shape index (κ2) is 7.39. The van der Waals surface area contributed by atoms with E-state index in [-0.39, 0.29) is 30.7 Å². The predicted molar refractivity (Wildman–Crippen MR) is 96.0 cm³/mol. The minimum absolute atomic E-state index is 0.0639. The van der Waals surface area contributed by atoms with Crippen LogP contribution >= 0.6 is 0 Å². The monoisotopic (exact) mass is 352 g/mol. The van der Waals surface area contributed by atoms with E-state index in [1.807, 2.05) is 31.2 Å². The summed E-state index contributed by atoms with van der Waals surface area (Å²) in [6.07, 6.45) is 0.0639. The minimum Gasteiger partial charge on any atom is -0.497 e. The number of nitrogens with one attached hydrogen (secondary N) is 1. The highest BCUT2D eigenvalue weighted by Crippen LogP contribution is 2.23. The number of nitrogens with zero attached hydrogens (tertiary/aromatic N) is 1. The largest absolute Gasteiger partial charge is 0.497 e. The molecule has 6 heteroatoms. The molecular formula is C20H20N2O4. The van der Waals surface area contributed by atoms with Crippen molar-refractivity contribution in [3.8, 4) is 5.75 Å². The van der Waals surface area contributed by atoms with Gasteiger partial charge in [-0.15, -0.1) is 0 Å². The summed E-state index contributed by atoms with van der Waals surface area (Å²) in [6, 6.07) is 12.6. The molecule has 0 aromatic heterocycles. The molecule has 1 heterocycles. The van der Waals surface area contributed by atoms with Gasteiger partial charge in [0.15, 0.2) is 0 Å². The van der Waals surface area contributed by atoms with Crippen LogP contribution in [-0.4, -0.2) is 36.3 Å². The van der Waals surface area contributed by atoms with Crippen molar-refractivity contribution in [1.82, 2.24) is 10.2 Å². The fraction of sp³-hybridized carbons (Fsp3) is 0.250. The zero-order chi connectivity index (χ0) is 18.7. The second-order valence-corrected chi connectivity index (χ2v) is 6.19. The lowest BCUT2D eigenvalue weighted by molar-refractivity contribution is -0.121. The van der Waals surface area contributed by atoms with Gasteiger partial charge < -0.3 is 10.1 Å². The quantitative estimate of drug-likeness (QED) is 0.810. The van der Waals surface area contributed by atoms with E-state index in [2.05, 4.69) is 5.32 Å². The second-order valence-electron chi connectivity index (χ2n) is 6.19. The van der Waals surface area contributed by atoms with Crippen molar-refractivity contribution in [2.75, 3.05) is 13.7 Å². The molecule has 0 saturated carbocycles. The molecule has 1 aliphatic heterocycles. The Hall–Kier alpha value is -3.15. The maximum atomic E-state index is 12.4. The van der Waals surface area contributed by atoms with Crippen LogP contribution in [0.25, 0.3) is 0 Å². The van der Waals surface area contributed by atoms with E-state index in [1.54, 1.807) is 25.3 Å². The van der Waals surface area contributed by atoms with Crippen LogP contribution in [0.15, 0.2) is 42.5 Å². The number of hydrogen-bond acceptors (Lipinski definition) is 4. The maximum Gasteiger partial charge on any atom is 0.261 e. The minimum atomic E-state index is -0.342. The van der Waals surface area contributed by atoms with Crippen LogP contribution in [0.1, 0.15) is 38.3 Å². The molecule has 1 aliphatic rings. The summed E-state index contributed by atoms with van der Waals surface area (Å²) in [5.41, 5.74) is 2.64. The average molecular weight is 352 g/mol. The Labute approximate surface area is 151 Å². The zero-order valence-electron chi connectivity index (χ0n) is 14.7. The van der Waals surface area contributed by atoms with Gasteiger partial charge in [-0.1, -0.05) is 23.8 Å². The fourth-order valence-electron chi connectivity index (χ4n) is 2.89. The third-order valence-electron chi connectivity index (χ3n) is 4.31. The summed E-state index contributed by atoms with van der Waals surface area (Å²) in [5, 5.41) is 2.79. The molecule has 0 atom stereocenters. The smallest absolute Gasteiger partial charge is 0.261 e. The lowest BCUT2D eigenvalue weighted by Gasteiger charge is -2.13. The van der Waals surface area contributed by atoms with Gasteiger partial charge in [0, 0.05) is 19.5 Å². The molecule has 0 radical (unpaired) electrons. The van der Waals surface area contributed by atoms with Crippen molar-refractivity contribution in [3.63, 3.8) is 0 Å². The van der Waals surface area contributed by atoms with Crippen molar-refractivity contribution < 1.29 is 19.1 Å². The van der Waals surface area contributed by atoms with Crippen LogP contribution in [0.3, 0.4) is 0 Å². The van der Waals surface area contributed by atoms with Gasteiger partial charge in [-0.3, -0.25) is 19.3 Å². The first-order valence-electron chi connectivity index (χ1n) is 8.36. The Morgan fingerprint density at radius 2 is 1.85 bits per heavy atom. The van der Waals surface area contributed by atoms with Crippen LogP contribution in [0, 0.1) is 6.92 Å². The van der Waals surface area contributed by atoms with E-state index in [0.717, 1.165) is 21.8 Å². The highest BCUT2D eigenvalue weighted by atomic mass is 16.5. The molecule has 0 saturated heterocycles. The molecular weight excluding hydrogens is 332 g/mol. The molecule has 0 aliphatic carbocycles. The number of imide groups is 1. The molecule has 2 aromatic rings. The van der Waals surface area contributed by atoms with Crippen molar-refractivity contribution in [2.24, 2.45) is 0 Å². The molecule has 0 bridgehead atoms. The molecule has 3 amide bonds. The Bertz CT molecular complexity index is 876. The van der Waals surface area contributed by atoms with Gasteiger partial charge >= 0.3 is 0 Å². The first-order chi connectivity index (χ1) is 12.5. The first kappa shape index (κ1) is 17.7. The standard InChI is InChI=1S/C20H20N2O4/c1-13-6-7-16-17(10-13)20(25)22(19(16)24)9-8-18(23)21-12-14-4-3-5-15(11-14)26-2/h3-7,10-11H,8-9,12H2,1-2H3,(H,21,23). The molecule has 2 aromatic carbocycles. The van der Waals surface area contributed by atoms with Crippen molar-refractivity contribution in [2.45, 2.75) is 19.9 Å². The van der Waals surface area contributed by atoms with E-state index in [0.29, 0.717) is 17.7 Å². The third kappa shape index (κ3) is 3.59. The number of methoxy groups -OCH3 is 1. The van der Waals surface area contributed by atoms with Gasteiger partial charge in [0.05, 0.1) is 18.2 Å². The van der Waals surface area contributed by atoms with Gasteiger partial charge in [-0.05, 0) is 36.8 Å². The van der Waals surface area contributed by atoms with E-state index in [1.165, 1.54) is 0 Å². The van der Waals surface area contributed by atoms with Gasteiger partial charge in [0.1, 0.15) is 5.75 Å². The van der Waals surface area contributed by atoms with Crippen LogP contribution in [0.2, 0.25) is 0 Å². The zero-order valence-corrected chi connectivity index (χ0v) is 14.7. The number of hydrogen-bond donors (Lipinski definition) is 1. The summed E-state index contributed by atoms with van der Waals surface area (Å²) in [5.74, 6) is -0.182. The van der Waals surface area contributed by atoms with Gasteiger partial charge in [-0.2, -0.15) is 0 Å². The van der Waals surface area contributed by atoms with Crippen molar-refractivity contribution in [3.05, 3.63) is 64.7 Å². The van der Waals surface area contributed by atoms with E-state index in [4.69, 9.17) is 4.74 Å². The molecule has 26 heavy (non-hydrogen) atoms. The molecule has 0 fully saturated rings. The third-order valence-corrected chi connectivity index (χ3v) is 4.31. The molecule has 0 unspecified atom stereocenters. The fourth-order valence-corrected chi connectivity index (χ4v) is 2.89. The Kier molecular flexibility index (Phi) is 5.02. The van der Waals surface area contributed by atoms with Crippen molar-refractivity contribution >= 4 is 17.7 Å². The SMILES string of the molecule is COc1cccc(CNC(=O)CCN2C(=O)c3ccc(C)cc3C2=O)c1. The summed E-state index contributed by atoms with van der Waals surface area (Å²) in [7, 11) is 1.58. The normalized spacial score (nSPS) is 12.9. The van der Waals surface area contributed by atoms with Gasteiger partial charge in [0.25, 0.3) is 11.8 Å². The first-order valence-corrected chi connectivity index (χ1v) is 8.36. The van der Waals surface area contributed by atoms with Crippen LogP contribution in [0.5, 0.6) is 5.75 Å². The Morgan fingerprint density at radius 1 is 1.08 bits per heavy atom. The number of rotatable bonds is 6. The molecule has 0 spiro atoms. The maximum absolute atomic E-state index is 12.4. The van der Waals surface area contributed by atoms with Crippen LogP contribution in [-0.2, 0) is 11.3 Å². The summed E-state index contributed by atoms with van der Waals surface area (Å²) in [4.78, 5) is 37.9. The van der Waals surface area contributed by atoms with Gasteiger partial charge in [-0.25, -0.2) is 0 Å². The number of benzene rings is 2. The van der Waals surface area contributed by atoms with Crippen molar-refractivity contribution in [1.29, 1.82) is 0 Å². The molecule has 6 nitrogen and oxygen atoms in total. The number of amides is 3. The Balaban J connectivity index is 1.55. The average Bonchev–Trinajstić information content (AvgIpc) is 2.88.